The molecular weight excluding hydrogens is 460 g/mol. The molecule has 2 heteroatoms. The minimum atomic E-state index is 0.241. The van der Waals surface area contributed by atoms with Crippen LogP contribution in [0.25, 0.3) is 38.6 Å². The molecule has 0 fully saturated rings. The average molecular weight is 487 g/mol. The zero-order chi connectivity index (χ0) is 25.1. The standard InChI is InChI=1S/C36H26N2/c1-3-11-25(12-4-1)26-19-21-28(22-20-26)38-34-18-10-8-16-30(34)32-24-23-31-29-15-7-9-17-33(29)37(35(31)36(32)38)27-13-5-2-6-14-27/h1-24,30,34H. The van der Waals surface area contributed by atoms with Gasteiger partial charge in [-0.05, 0) is 47.0 Å². The molecule has 0 saturated heterocycles. The predicted octanol–water partition coefficient (Wildman–Crippen LogP) is 9.18. The normalized spacial score (nSPS) is 17.7. The van der Waals surface area contributed by atoms with Gasteiger partial charge in [0.25, 0.3) is 0 Å². The first kappa shape index (κ1) is 21.3. The number of benzene rings is 5. The van der Waals surface area contributed by atoms with Gasteiger partial charge in [0.05, 0.1) is 22.8 Å². The van der Waals surface area contributed by atoms with Crippen LogP contribution in [0.2, 0.25) is 0 Å². The van der Waals surface area contributed by atoms with E-state index in [1.807, 2.05) is 0 Å². The van der Waals surface area contributed by atoms with Crippen molar-refractivity contribution < 1.29 is 0 Å². The van der Waals surface area contributed by atoms with E-state index in [-0.39, 0.29) is 6.04 Å². The number of hydrogen-bond acceptors (Lipinski definition) is 1. The van der Waals surface area contributed by atoms with E-state index in [1.165, 1.54) is 55.6 Å². The Morgan fingerprint density at radius 2 is 1.18 bits per heavy atom. The fourth-order valence-electron chi connectivity index (χ4n) is 6.45. The second-order valence-corrected chi connectivity index (χ2v) is 10.2. The molecule has 0 radical (unpaired) electrons. The van der Waals surface area contributed by atoms with E-state index in [1.54, 1.807) is 0 Å². The summed E-state index contributed by atoms with van der Waals surface area (Å²) in [5, 5.41) is 2.58. The molecule has 1 aliphatic carbocycles. The Bertz CT molecular complexity index is 1860. The third-order valence-corrected chi connectivity index (χ3v) is 8.11. The lowest BCUT2D eigenvalue weighted by Gasteiger charge is -2.29. The van der Waals surface area contributed by atoms with Crippen molar-refractivity contribution >= 4 is 33.2 Å². The molecule has 1 aromatic heterocycles. The summed E-state index contributed by atoms with van der Waals surface area (Å²) in [6.45, 7) is 0. The highest BCUT2D eigenvalue weighted by atomic mass is 15.2. The number of allylic oxidation sites excluding steroid dienone is 2. The zero-order valence-corrected chi connectivity index (χ0v) is 20.9. The summed E-state index contributed by atoms with van der Waals surface area (Å²) in [5.41, 5.74) is 10.1. The maximum Gasteiger partial charge on any atom is 0.0782 e. The van der Waals surface area contributed by atoms with E-state index in [4.69, 9.17) is 0 Å². The molecule has 38 heavy (non-hydrogen) atoms. The van der Waals surface area contributed by atoms with Crippen LogP contribution < -0.4 is 4.90 Å². The molecular formula is C36H26N2. The first-order valence-corrected chi connectivity index (χ1v) is 13.3. The lowest BCUT2D eigenvalue weighted by Crippen LogP contribution is -2.28. The Balaban J connectivity index is 1.42. The Kier molecular flexibility index (Phi) is 4.68. The maximum absolute atomic E-state index is 2.56. The summed E-state index contributed by atoms with van der Waals surface area (Å²) in [6.07, 6.45) is 9.12. The van der Waals surface area contributed by atoms with Gasteiger partial charge < -0.3 is 9.47 Å². The van der Waals surface area contributed by atoms with Crippen LogP contribution in [0, 0.1) is 0 Å². The van der Waals surface area contributed by atoms with Crippen LogP contribution in [-0.4, -0.2) is 10.6 Å². The number of anilines is 2. The molecule has 2 unspecified atom stereocenters. The number of para-hydroxylation sites is 2. The van der Waals surface area contributed by atoms with Crippen molar-refractivity contribution in [3.63, 3.8) is 0 Å². The van der Waals surface area contributed by atoms with Gasteiger partial charge in [-0.1, -0.05) is 115 Å². The molecule has 2 aliphatic rings. The molecule has 5 aromatic carbocycles. The Hall–Kier alpha value is -4.82. The quantitative estimate of drug-likeness (QED) is 0.242. The highest BCUT2D eigenvalue weighted by molar-refractivity contribution is 6.15. The molecule has 0 saturated carbocycles. The fourth-order valence-corrected chi connectivity index (χ4v) is 6.45. The lowest BCUT2D eigenvalue weighted by molar-refractivity contribution is 0.745. The highest BCUT2D eigenvalue weighted by Gasteiger charge is 2.39. The van der Waals surface area contributed by atoms with Gasteiger partial charge >= 0.3 is 0 Å². The van der Waals surface area contributed by atoms with E-state index in [0.29, 0.717) is 5.92 Å². The first-order chi connectivity index (χ1) is 18.9. The van der Waals surface area contributed by atoms with Crippen molar-refractivity contribution in [3.8, 4) is 16.8 Å². The van der Waals surface area contributed by atoms with Gasteiger partial charge in [-0.15, -0.1) is 0 Å². The SMILES string of the molecule is C1=CC2c3ccc4c5ccccc5n(-c5ccccc5)c4c3N(c3ccc(-c4ccccc4)cc3)C2C=C1. The molecule has 0 N–H and O–H groups in total. The summed E-state index contributed by atoms with van der Waals surface area (Å²) in [6, 6.07) is 44.2. The smallest absolute Gasteiger partial charge is 0.0782 e. The van der Waals surface area contributed by atoms with Crippen molar-refractivity contribution in [2.75, 3.05) is 4.90 Å². The summed E-state index contributed by atoms with van der Waals surface area (Å²) in [5.74, 6) is 0.315. The van der Waals surface area contributed by atoms with Crippen molar-refractivity contribution in [2.24, 2.45) is 0 Å². The van der Waals surface area contributed by atoms with E-state index >= 15 is 0 Å². The third-order valence-electron chi connectivity index (χ3n) is 8.11. The fraction of sp³-hybridized carbons (Fsp3) is 0.0556. The average Bonchev–Trinajstić information content (AvgIpc) is 3.51. The van der Waals surface area contributed by atoms with Gasteiger partial charge in [-0.3, -0.25) is 0 Å². The molecule has 1 aliphatic heterocycles. The monoisotopic (exact) mass is 486 g/mol. The van der Waals surface area contributed by atoms with Gasteiger partial charge in [0.1, 0.15) is 0 Å². The van der Waals surface area contributed by atoms with Gasteiger partial charge in [0, 0.05) is 28.1 Å². The second kappa shape index (κ2) is 8.36. The number of rotatable bonds is 3. The van der Waals surface area contributed by atoms with Crippen LogP contribution in [0.5, 0.6) is 0 Å². The molecule has 0 amide bonds. The van der Waals surface area contributed by atoms with E-state index < -0.39 is 0 Å². The Morgan fingerprint density at radius 1 is 0.500 bits per heavy atom. The van der Waals surface area contributed by atoms with Crippen molar-refractivity contribution in [2.45, 2.75) is 12.0 Å². The summed E-state index contributed by atoms with van der Waals surface area (Å²) in [7, 11) is 0. The number of fused-ring (bicyclic) bond motifs is 7. The molecule has 2 heterocycles. The molecule has 2 atom stereocenters. The van der Waals surface area contributed by atoms with Gasteiger partial charge in [0.2, 0.25) is 0 Å². The Morgan fingerprint density at radius 3 is 2.00 bits per heavy atom. The van der Waals surface area contributed by atoms with Crippen molar-refractivity contribution in [3.05, 3.63) is 151 Å². The largest absolute Gasteiger partial charge is 0.332 e. The van der Waals surface area contributed by atoms with E-state index in [9.17, 15) is 0 Å². The summed E-state index contributed by atoms with van der Waals surface area (Å²) >= 11 is 0. The molecule has 6 aromatic rings. The zero-order valence-electron chi connectivity index (χ0n) is 20.9. The highest BCUT2D eigenvalue weighted by Crippen LogP contribution is 2.52. The first-order valence-electron chi connectivity index (χ1n) is 13.3. The van der Waals surface area contributed by atoms with Crippen LogP contribution in [0.15, 0.2) is 146 Å². The predicted molar refractivity (Wildman–Crippen MR) is 160 cm³/mol. The summed E-state index contributed by atoms with van der Waals surface area (Å²) < 4.78 is 2.46. The van der Waals surface area contributed by atoms with Crippen molar-refractivity contribution in [1.82, 2.24) is 4.57 Å². The second-order valence-electron chi connectivity index (χ2n) is 10.2. The van der Waals surface area contributed by atoms with E-state index in [2.05, 4.69) is 155 Å². The number of aromatic nitrogens is 1. The van der Waals surface area contributed by atoms with E-state index in [0.717, 1.165) is 0 Å². The molecule has 180 valence electrons. The van der Waals surface area contributed by atoms with Crippen LogP contribution in [-0.2, 0) is 0 Å². The van der Waals surface area contributed by atoms with Crippen LogP contribution >= 0.6 is 0 Å². The molecule has 0 bridgehead atoms. The molecule has 0 spiro atoms. The Labute approximate surface area is 222 Å². The number of hydrogen-bond donors (Lipinski definition) is 0. The van der Waals surface area contributed by atoms with Crippen LogP contribution in [0.4, 0.5) is 11.4 Å². The lowest BCUT2D eigenvalue weighted by atomic mass is 9.91. The topological polar surface area (TPSA) is 8.17 Å². The van der Waals surface area contributed by atoms with Crippen LogP contribution in [0.3, 0.4) is 0 Å². The maximum atomic E-state index is 2.56. The van der Waals surface area contributed by atoms with Gasteiger partial charge in [-0.2, -0.15) is 0 Å². The molecule has 2 nitrogen and oxygen atoms in total. The third kappa shape index (κ3) is 3.07. The summed E-state index contributed by atoms with van der Waals surface area (Å²) in [4.78, 5) is 2.56. The van der Waals surface area contributed by atoms with Gasteiger partial charge in [-0.25, -0.2) is 0 Å². The minimum Gasteiger partial charge on any atom is -0.332 e. The minimum absolute atomic E-state index is 0.241. The van der Waals surface area contributed by atoms with Gasteiger partial charge in [0.15, 0.2) is 0 Å². The van der Waals surface area contributed by atoms with Crippen LogP contribution in [0.1, 0.15) is 11.5 Å². The molecule has 8 rings (SSSR count). The van der Waals surface area contributed by atoms with Crippen molar-refractivity contribution in [1.29, 1.82) is 0 Å². The number of nitrogens with zero attached hydrogens (tertiary/aromatic N) is 2.